The predicted molar refractivity (Wildman–Crippen MR) is 178 cm³/mol. The Morgan fingerprint density at radius 1 is 0.979 bits per heavy atom. The Bertz CT molecular complexity index is 1470. The maximum atomic E-state index is 13.4. The van der Waals surface area contributed by atoms with E-state index in [-0.39, 0.29) is 30.2 Å². The van der Waals surface area contributed by atoms with Gasteiger partial charge in [0.1, 0.15) is 18.1 Å². The number of benzene rings is 2. The van der Waals surface area contributed by atoms with Gasteiger partial charge in [0, 0.05) is 19.8 Å². The monoisotopic (exact) mass is 671 g/mol. The zero-order chi connectivity index (χ0) is 34.2. The molecule has 2 aromatic carbocycles. The molecule has 0 unspecified atom stereocenters. The summed E-state index contributed by atoms with van der Waals surface area (Å²) in [7, 11) is -1.01. The Morgan fingerprint density at radius 2 is 1.72 bits per heavy atom. The van der Waals surface area contributed by atoms with Gasteiger partial charge in [0.05, 0.1) is 30.5 Å². The van der Waals surface area contributed by atoms with Gasteiger partial charge in [-0.25, -0.2) is 5.06 Å². The summed E-state index contributed by atoms with van der Waals surface area (Å²) in [5.41, 5.74) is 1.40. The van der Waals surface area contributed by atoms with Crippen molar-refractivity contribution in [2.75, 3.05) is 27.5 Å². The molecule has 0 saturated heterocycles. The van der Waals surface area contributed by atoms with Crippen molar-refractivity contribution in [2.24, 2.45) is 5.92 Å². The normalized spacial score (nSPS) is 12.6. The van der Waals surface area contributed by atoms with Gasteiger partial charge in [0.2, 0.25) is 12.3 Å². The van der Waals surface area contributed by atoms with Crippen molar-refractivity contribution < 1.29 is 42.0 Å². The van der Waals surface area contributed by atoms with Crippen LogP contribution in [0.2, 0.25) is 0 Å². The molecule has 0 aliphatic heterocycles. The average molecular weight is 672 g/mol. The number of hydrogen-bond acceptors (Lipinski definition) is 9. The Hall–Kier alpha value is -3.96. The van der Waals surface area contributed by atoms with E-state index in [4.69, 9.17) is 23.0 Å². The Kier molecular flexibility index (Phi) is 15.2. The molecule has 3 rings (SSSR count). The van der Waals surface area contributed by atoms with E-state index in [2.05, 4.69) is 17.6 Å². The van der Waals surface area contributed by atoms with Gasteiger partial charge in [-0.2, -0.15) is 0 Å². The quantitative estimate of drug-likeness (QED) is 0.0470. The lowest BCUT2D eigenvalue weighted by Gasteiger charge is -2.32. The third kappa shape index (κ3) is 10.5. The molecule has 0 fully saturated rings. The van der Waals surface area contributed by atoms with E-state index in [1.54, 1.807) is 24.3 Å². The lowest BCUT2D eigenvalue weighted by atomic mass is 9.90. The smallest absolute Gasteiger partial charge is 0.360 e. The molecule has 13 heteroatoms. The van der Waals surface area contributed by atoms with Crippen molar-refractivity contribution in [2.45, 2.75) is 65.5 Å². The first-order valence-electron chi connectivity index (χ1n) is 15.8. The number of hydroxylamine groups is 2. The molecule has 0 saturated carbocycles. The molecular formula is C34H46N3O9P. The summed E-state index contributed by atoms with van der Waals surface area (Å²) >= 11 is 0. The van der Waals surface area contributed by atoms with Gasteiger partial charge >= 0.3 is 7.60 Å². The first-order valence-corrected chi connectivity index (χ1v) is 17.3. The largest absolute Gasteiger partial charge is 0.494 e. The SMILES string of the molecule is CCCCC[C@@H](C(=O)NCNC(=O)c1ccc(-c2cc(OCC)cc(P(=O)(OC)OC)c2)o1)[C@@H](CC)N(C=O)OCc1ccccc1. The highest BCUT2D eigenvalue weighted by molar-refractivity contribution is 7.62. The number of hydrogen-bond donors (Lipinski definition) is 2. The lowest BCUT2D eigenvalue weighted by Crippen LogP contribution is -2.48. The number of ether oxygens (including phenoxy) is 1. The van der Waals surface area contributed by atoms with E-state index in [1.165, 1.54) is 25.3 Å². The average Bonchev–Trinajstić information content (AvgIpc) is 3.60. The lowest BCUT2D eigenvalue weighted by molar-refractivity contribution is -0.200. The highest BCUT2D eigenvalue weighted by atomic mass is 31.2. The van der Waals surface area contributed by atoms with Crippen LogP contribution in [0.25, 0.3) is 11.3 Å². The summed E-state index contributed by atoms with van der Waals surface area (Å²) < 4.78 is 34.8. The molecule has 256 valence electrons. The van der Waals surface area contributed by atoms with E-state index in [1.807, 2.05) is 44.2 Å². The highest BCUT2D eigenvalue weighted by Crippen LogP contribution is 2.46. The molecule has 2 N–H and O–H groups in total. The summed E-state index contributed by atoms with van der Waals surface area (Å²) in [6, 6.07) is 16.9. The molecule has 0 aliphatic rings. The molecule has 3 amide bonds. The molecular weight excluding hydrogens is 625 g/mol. The van der Waals surface area contributed by atoms with Crippen LogP contribution in [0.5, 0.6) is 5.75 Å². The van der Waals surface area contributed by atoms with Gasteiger partial charge in [-0.05, 0) is 55.7 Å². The van der Waals surface area contributed by atoms with Gasteiger partial charge in [-0.3, -0.25) is 23.8 Å². The summed E-state index contributed by atoms with van der Waals surface area (Å²) in [4.78, 5) is 44.3. The first kappa shape index (κ1) is 37.5. The second-order valence-corrected chi connectivity index (χ2v) is 12.9. The van der Waals surface area contributed by atoms with Crippen molar-refractivity contribution in [3.63, 3.8) is 0 Å². The fourth-order valence-electron chi connectivity index (χ4n) is 5.15. The highest BCUT2D eigenvalue weighted by Gasteiger charge is 2.32. The van der Waals surface area contributed by atoms with Crippen molar-refractivity contribution in [3.8, 4) is 17.1 Å². The molecule has 2 atom stereocenters. The number of nitrogens with zero attached hydrogens (tertiary/aromatic N) is 1. The van der Waals surface area contributed by atoms with E-state index in [9.17, 15) is 18.9 Å². The molecule has 0 spiro atoms. The molecule has 0 radical (unpaired) electrons. The second kappa shape index (κ2) is 19.0. The van der Waals surface area contributed by atoms with E-state index in [0.717, 1.165) is 24.8 Å². The topological polar surface area (TPSA) is 146 Å². The van der Waals surface area contributed by atoms with Crippen LogP contribution in [-0.2, 0) is 34.6 Å². The van der Waals surface area contributed by atoms with Crippen LogP contribution in [0.3, 0.4) is 0 Å². The molecule has 12 nitrogen and oxygen atoms in total. The first-order chi connectivity index (χ1) is 22.7. The van der Waals surface area contributed by atoms with E-state index >= 15 is 0 Å². The summed E-state index contributed by atoms with van der Waals surface area (Å²) in [6.45, 7) is 6.21. The van der Waals surface area contributed by atoms with Crippen LogP contribution in [0, 0.1) is 5.92 Å². The summed E-state index contributed by atoms with van der Waals surface area (Å²) in [6.07, 6.45) is 4.37. The van der Waals surface area contributed by atoms with Gasteiger partial charge in [0.15, 0.2) is 5.76 Å². The van der Waals surface area contributed by atoms with Gasteiger partial charge in [0.25, 0.3) is 5.91 Å². The van der Waals surface area contributed by atoms with Crippen molar-refractivity contribution >= 4 is 31.1 Å². The molecule has 1 aromatic heterocycles. The number of carbonyl (C=O) groups excluding carboxylic acids is 3. The minimum atomic E-state index is -3.59. The summed E-state index contributed by atoms with van der Waals surface area (Å²) in [5, 5.41) is 6.95. The zero-order valence-electron chi connectivity index (χ0n) is 27.7. The van der Waals surface area contributed by atoms with Crippen LogP contribution in [0.4, 0.5) is 0 Å². The van der Waals surface area contributed by atoms with Crippen molar-refractivity contribution in [1.29, 1.82) is 0 Å². The van der Waals surface area contributed by atoms with Crippen LogP contribution in [-0.4, -0.2) is 56.8 Å². The fourth-order valence-corrected chi connectivity index (χ4v) is 6.30. The number of amides is 3. The number of rotatable bonds is 21. The maximum absolute atomic E-state index is 13.4. The number of unbranched alkanes of at least 4 members (excludes halogenated alkanes) is 2. The Morgan fingerprint density at radius 3 is 2.36 bits per heavy atom. The van der Waals surface area contributed by atoms with Crippen molar-refractivity contribution in [3.05, 3.63) is 72.0 Å². The minimum absolute atomic E-state index is 0.00616. The Balaban J connectivity index is 1.69. The molecule has 47 heavy (non-hydrogen) atoms. The number of nitrogens with one attached hydrogen (secondary N) is 2. The van der Waals surface area contributed by atoms with Crippen LogP contribution < -0.4 is 20.7 Å². The van der Waals surface area contributed by atoms with Crippen LogP contribution in [0.1, 0.15) is 69.0 Å². The molecule has 0 bridgehead atoms. The second-order valence-electron chi connectivity index (χ2n) is 10.7. The standard InChI is InChI=1S/C34H46N3O9P/c1-6-9-11-16-29(30(7-2)37(24-38)45-22-25-14-12-10-13-15-25)33(39)35-23-36-34(40)32-18-17-31(46-32)26-19-27(44-8-3)21-28(20-26)47(41,42-4)43-5/h10,12-15,17-21,24,29-30H,6-9,11,16,22-23H2,1-5H3,(H,35,39)(H,36,40)/t29-,30-/m1/s1. The van der Waals surface area contributed by atoms with E-state index in [0.29, 0.717) is 42.9 Å². The van der Waals surface area contributed by atoms with E-state index < -0.39 is 25.5 Å². The third-order valence-electron chi connectivity index (χ3n) is 7.62. The molecule has 0 aliphatic carbocycles. The zero-order valence-corrected chi connectivity index (χ0v) is 28.6. The minimum Gasteiger partial charge on any atom is -0.494 e. The van der Waals surface area contributed by atoms with Crippen LogP contribution in [0.15, 0.2) is 65.1 Å². The summed E-state index contributed by atoms with van der Waals surface area (Å²) in [5.74, 6) is -0.644. The van der Waals surface area contributed by atoms with Crippen LogP contribution >= 0.6 is 7.60 Å². The fraction of sp³-hybridized carbons (Fsp3) is 0.441. The predicted octanol–water partition coefficient (Wildman–Crippen LogP) is 5.83. The van der Waals surface area contributed by atoms with Gasteiger partial charge < -0.3 is 28.8 Å². The Labute approximate surface area is 276 Å². The maximum Gasteiger partial charge on any atom is 0.360 e. The number of furan rings is 1. The van der Waals surface area contributed by atoms with Gasteiger partial charge in [-0.1, -0.05) is 63.4 Å². The third-order valence-corrected chi connectivity index (χ3v) is 9.47. The molecule has 3 aromatic rings. The number of carbonyl (C=O) groups is 3. The molecule has 1 heterocycles. The van der Waals surface area contributed by atoms with Gasteiger partial charge in [-0.15, -0.1) is 0 Å². The van der Waals surface area contributed by atoms with Crippen molar-refractivity contribution in [1.82, 2.24) is 15.7 Å².